The predicted octanol–water partition coefficient (Wildman–Crippen LogP) is 8.10. The van der Waals surface area contributed by atoms with E-state index in [4.69, 9.17) is 33.9 Å². The summed E-state index contributed by atoms with van der Waals surface area (Å²) >= 11 is 0. The number of carbonyl (C=O) groups excluding carboxylic acids is 4. The number of aromatic nitrogens is 4. The van der Waals surface area contributed by atoms with Crippen LogP contribution in [0.1, 0.15) is 78.2 Å². The Morgan fingerprint density at radius 3 is 1.60 bits per heavy atom. The predicted molar refractivity (Wildman–Crippen MR) is 277 cm³/mol. The van der Waals surface area contributed by atoms with Crippen LogP contribution < -0.4 is 29.6 Å². The highest BCUT2D eigenvalue weighted by Gasteiger charge is 2.29. The van der Waals surface area contributed by atoms with Crippen molar-refractivity contribution in [2.24, 2.45) is 11.8 Å². The van der Waals surface area contributed by atoms with Gasteiger partial charge in [-0.15, -0.1) is 0 Å². The number of ether oxygens (including phenoxy) is 5. The van der Waals surface area contributed by atoms with Gasteiger partial charge in [-0.05, 0) is 104 Å². The van der Waals surface area contributed by atoms with Gasteiger partial charge in [0.05, 0.1) is 58.1 Å². The lowest BCUT2D eigenvalue weighted by Crippen LogP contribution is -2.49. The van der Waals surface area contributed by atoms with Gasteiger partial charge in [0.25, 0.3) is 11.8 Å². The van der Waals surface area contributed by atoms with Gasteiger partial charge in [0, 0.05) is 26.2 Å². The number of nitrogens with one attached hydrogen (secondary N) is 2. The van der Waals surface area contributed by atoms with E-state index in [9.17, 15) is 19.2 Å². The number of nitrogens with zero attached hydrogens (tertiary/aromatic N) is 5. The highest BCUT2D eigenvalue weighted by Crippen LogP contribution is 2.40. The van der Waals surface area contributed by atoms with Crippen molar-refractivity contribution in [3.8, 4) is 45.5 Å². The van der Waals surface area contributed by atoms with Crippen LogP contribution in [0.4, 0.5) is 0 Å². The minimum absolute atomic E-state index is 0.0390. The van der Waals surface area contributed by atoms with E-state index in [0.29, 0.717) is 71.4 Å². The van der Waals surface area contributed by atoms with Crippen molar-refractivity contribution in [3.63, 3.8) is 0 Å². The molecule has 1 unspecified atom stereocenters. The van der Waals surface area contributed by atoms with Crippen molar-refractivity contribution in [2.45, 2.75) is 85.0 Å². The molecule has 3 amide bonds. The molecule has 0 aliphatic rings. The molecule has 6 aromatic rings. The summed E-state index contributed by atoms with van der Waals surface area (Å²) in [7, 11) is 9.10. The maximum absolute atomic E-state index is 14.2. The van der Waals surface area contributed by atoms with E-state index in [1.807, 2.05) is 78.3 Å². The van der Waals surface area contributed by atoms with E-state index < -0.39 is 23.8 Å². The van der Waals surface area contributed by atoms with Crippen molar-refractivity contribution in [1.82, 2.24) is 35.1 Å². The molecule has 72 heavy (non-hydrogen) atoms. The second-order valence-corrected chi connectivity index (χ2v) is 18.5. The summed E-state index contributed by atoms with van der Waals surface area (Å²) in [4.78, 5) is 55.6. The lowest BCUT2D eigenvalue weighted by molar-refractivity contribution is -0.146. The highest BCUT2D eigenvalue weighted by molar-refractivity contribution is 5.98. The molecule has 0 fully saturated rings. The Morgan fingerprint density at radius 2 is 1.07 bits per heavy atom. The average Bonchev–Trinajstić information content (AvgIpc) is 4.00. The van der Waals surface area contributed by atoms with Crippen LogP contribution in [0.2, 0.25) is 0 Å². The van der Waals surface area contributed by atoms with Crippen molar-refractivity contribution in [2.75, 3.05) is 49.1 Å². The third-order valence-corrected chi connectivity index (χ3v) is 12.4. The van der Waals surface area contributed by atoms with Crippen LogP contribution in [0.5, 0.6) is 23.0 Å². The highest BCUT2D eigenvalue weighted by atomic mass is 16.5. The minimum Gasteiger partial charge on any atom is -0.496 e. The Labute approximate surface area is 422 Å². The van der Waals surface area contributed by atoms with Crippen molar-refractivity contribution < 1.29 is 42.9 Å². The quantitative estimate of drug-likeness (QED) is 0.0530. The fraction of sp³-hybridized carbons (Fsp3) is 0.393. The fourth-order valence-corrected chi connectivity index (χ4v) is 8.76. The number of rotatable bonds is 25. The molecule has 16 heteroatoms. The van der Waals surface area contributed by atoms with E-state index in [1.54, 1.807) is 45.3 Å². The first-order valence-electron chi connectivity index (χ1n) is 24.3. The van der Waals surface area contributed by atoms with Crippen LogP contribution in [0, 0.1) is 11.8 Å². The van der Waals surface area contributed by atoms with E-state index >= 15 is 0 Å². The van der Waals surface area contributed by atoms with Gasteiger partial charge in [-0.1, -0.05) is 87.5 Å². The standard InChI is InChI=1S/C56H69N7O9/c1-36(2)33-62-45(52-47(68-6)21-15-22-48(52)69-7)32-44(59-62)55(66)58-42(56(67)61(5)35-51(64)72-10)28-27-40-19-14-20-41(30-40)29-37(3)34-63-46(53-49(70-8)23-16-24-50(53)71-9)31-43(60-63)54(65)57-38(4)25-26-39-17-12-11-13-18-39/h11-24,30-32,36-38,42H,25-29,33-35H2,1-10H3,(H,57,65)(H,58,66)/t37?,38-,42-/m0/s1. The maximum Gasteiger partial charge on any atom is 0.325 e. The summed E-state index contributed by atoms with van der Waals surface area (Å²) in [6, 6.07) is 31.7. The summed E-state index contributed by atoms with van der Waals surface area (Å²) in [5.41, 5.74) is 6.24. The largest absolute Gasteiger partial charge is 0.496 e. The molecule has 2 aromatic heterocycles. The number of hydrogen-bond acceptors (Lipinski definition) is 11. The minimum atomic E-state index is -1.02. The average molecular weight is 984 g/mol. The zero-order chi connectivity index (χ0) is 51.9. The van der Waals surface area contributed by atoms with Gasteiger partial charge in [0.1, 0.15) is 35.6 Å². The molecular formula is C56H69N7O9. The monoisotopic (exact) mass is 984 g/mol. The third-order valence-electron chi connectivity index (χ3n) is 12.4. The first-order valence-corrected chi connectivity index (χ1v) is 24.3. The van der Waals surface area contributed by atoms with Gasteiger partial charge in [0.15, 0.2) is 11.4 Å². The Bertz CT molecular complexity index is 2740. The van der Waals surface area contributed by atoms with E-state index in [2.05, 4.69) is 55.7 Å². The SMILES string of the molecule is COC(=O)CN(C)C(=O)[C@H](CCc1cccc(CC(C)Cn2nc(C(=O)N[C@@H](C)CCc3ccccc3)cc2-c2c(OC)cccc2OC)c1)NC(=O)c1cc(-c2c(OC)cccc2OC)n(CC(C)C)n1. The molecule has 0 bridgehead atoms. The maximum atomic E-state index is 14.2. The molecule has 0 radical (unpaired) electrons. The van der Waals surface area contributed by atoms with Gasteiger partial charge in [-0.3, -0.25) is 28.5 Å². The molecule has 3 atom stereocenters. The Balaban J connectivity index is 1.21. The first-order chi connectivity index (χ1) is 34.7. The van der Waals surface area contributed by atoms with Gasteiger partial charge in [0.2, 0.25) is 5.91 Å². The number of carbonyl (C=O) groups is 4. The Kier molecular flexibility index (Phi) is 19.0. The molecular weight excluding hydrogens is 915 g/mol. The molecule has 0 aliphatic carbocycles. The molecule has 16 nitrogen and oxygen atoms in total. The zero-order valence-electron chi connectivity index (χ0n) is 43.2. The van der Waals surface area contributed by atoms with Gasteiger partial charge in [-0.2, -0.15) is 10.2 Å². The number of esters is 1. The van der Waals surface area contributed by atoms with Crippen LogP contribution >= 0.6 is 0 Å². The molecule has 2 heterocycles. The van der Waals surface area contributed by atoms with E-state index in [1.165, 1.54) is 24.6 Å². The normalized spacial score (nSPS) is 12.4. The van der Waals surface area contributed by atoms with Crippen LogP contribution in [0.15, 0.2) is 103 Å². The molecule has 6 rings (SSSR count). The number of benzene rings is 4. The fourth-order valence-electron chi connectivity index (χ4n) is 8.76. The lowest BCUT2D eigenvalue weighted by Gasteiger charge is -2.24. The van der Waals surface area contributed by atoms with E-state index in [0.717, 1.165) is 24.0 Å². The number of methoxy groups -OCH3 is 5. The molecule has 0 spiro atoms. The molecule has 0 saturated carbocycles. The Morgan fingerprint density at radius 1 is 0.583 bits per heavy atom. The number of amides is 3. The summed E-state index contributed by atoms with van der Waals surface area (Å²) < 4.78 is 31.5. The van der Waals surface area contributed by atoms with E-state index in [-0.39, 0.29) is 48.1 Å². The molecule has 382 valence electrons. The van der Waals surface area contributed by atoms with Gasteiger partial charge in [-0.25, -0.2) is 0 Å². The van der Waals surface area contributed by atoms with Crippen LogP contribution in [-0.2, 0) is 46.7 Å². The lowest BCUT2D eigenvalue weighted by atomic mass is 9.97. The number of likely N-dealkylation sites (N-methyl/N-ethyl adjacent to an activating group) is 1. The number of aryl methyl sites for hydroxylation is 2. The third kappa shape index (κ3) is 13.8. The van der Waals surface area contributed by atoms with Crippen LogP contribution in [0.25, 0.3) is 22.5 Å². The smallest absolute Gasteiger partial charge is 0.325 e. The van der Waals surface area contributed by atoms with Gasteiger partial charge >= 0.3 is 5.97 Å². The summed E-state index contributed by atoms with van der Waals surface area (Å²) in [6.07, 6.45) is 2.91. The number of hydrogen-bond donors (Lipinski definition) is 2. The Hall–Kier alpha value is -7.62. The van der Waals surface area contributed by atoms with Crippen molar-refractivity contribution in [1.29, 1.82) is 0 Å². The summed E-state index contributed by atoms with van der Waals surface area (Å²) in [5.74, 6) is 0.624. The zero-order valence-corrected chi connectivity index (χ0v) is 43.2. The van der Waals surface area contributed by atoms with Gasteiger partial charge < -0.3 is 39.2 Å². The van der Waals surface area contributed by atoms with Crippen molar-refractivity contribution >= 4 is 23.7 Å². The van der Waals surface area contributed by atoms with Crippen LogP contribution in [-0.4, -0.2) is 109 Å². The second kappa shape index (κ2) is 25.5. The topological polar surface area (TPSA) is 177 Å². The second-order valence-electron chi connectivity index (χ2n) is 18.5. The molecule has 4 aromatic carbocycles. The van der Waals surface area contributed by atoms with Crippen LogP contribution in [0.3, 0.4) is 0 Å². The molecule has 0 aliphatic heterocycles. The first kappa shape index (κ1) is 53.7. The molecule has 0 saturated heterocycles. The summed E-state index contributed by atoms with van der Waals surface area (Å²) in [6.45, 7) is 8.89. The molecule has 2 N–H and O–H groups in total. The summed E-state index contributed by atoms with van der Waals surface area (Å²) in [5, 5.41) is 15.7. The van der Waals surface area contributed by atoms with Crippen molar-refractivity contribution in [3.05, 3.63) is 131 Å².